The maximum absolute atomic E-state index is 5.40. The van der Waals surface area contributed by atoms with Crippen LogP contribution in [-0.4, -0.2) is 38.9 Å². The minimum atomic E-state index is 0.462. The lowest BCUT2D eigenvalue weighted by Crippen LogP contribution is -2.37. The van der Waals surface area contributed by atoms with Crippen molar-refractivity contribution >= 4 is 0 Å². The van der Waals surface area contributed by atoms with E-state index in [4.69, 9.17) is 4.74 Å². The zero-order valence-corrected chi connectivity index (χ0v) is 11.1. The second-order valence-electron chi connectivity index (χ2n) is 5.56. The molecule has 0 atom stereocenters. The molecule has 0 bridgehead atoms. The third-order valence-corrected chi connectivity index (χ3v) is 3.33. The third kappa shape index (κ3) is 5.83. The first-order chi connectivity index (χ1) is 7.62. The van der Waals surface area contributed by atoms with Crippen molar-refractivity contribution in [3.05, 3.63) is 0 Å². The first kappa shape index (κ1) is 13.9. The summed E-state index contributed by atoms with van der Waals surface area (Å²) in [4.78, 5) is 0. The molecule has 1 saturated heterocycles. The number of rotatable bonds is 7. The van der Waals surface area contributed by atoms with Crippen LogP contribution < -0.4 is 10.6 Å². The summed E-state index contributed by atoms with van der Waals surface area (Å²) in [5.41, 5.74) is 0.462. The van der Waals surface area contributed by atoms with Crippen molar-refractivity contribution in [3.63, 3.8) is 0 Å². The Morgan fingerprint density at radius 3 is 2.50 bits per heavy atom. The molecule has 1 heterocycles. The summed E-state index contributed by atoms with van der Waals surface area (Å²) >= 11 is 0. The van der Waals surface area contributed by atoms with E-state index in [0.717, 1.165) is 32.8 Å². The van der Waals surface area contributed by atoms with Gasteiger partial charge in [0.25, 0.3) is 0 Å². The second kappa shape index (κ2) is 7.25. The Kier molecular flexibility index (Phi) is 6.32. The Hall–Kier alpha value is -0.120. The van der Waals surface area contributed by atoms with Crippen LogP contribution in [0.1, 0.15) is 40.0 Å². The van der Waals surface area contributed by atoms with Crippen LogP contribution in [0.2, 0.25) is 0 Å². The quantitative estimate of drug-likeness (QED) is 0.652. The van der Waals surface area contributed by atoms with E-state index >= 15 is 0 Å². The Morgan fingerprint density at radius 2 is 1.88 bits per heavy atom. The third-order valence-electron chi connectivity index (χ3n) is 3.33. The lowest BCUT2D eigenvalue weighted by molar-refractivity contribution is 0.0242. The zero-order chi connectivity index (χ0) is 11.9. The van der Waals surface area contributed by atoms with Gasteiger partial charge in [-0.3, -0.25) is 0 Å². The van der Waals surface area contributed by atoms with Gasteiger partial charge in [0.05, 0.1) is 0 Å². The molecule has 0 unspecified atom stereocenters. The van der Waals surface area contributed by atoms with E-state index in [0.29, 0.717) is 11.5 Å². The molecule has 0 saturated carbocycles. The van der Waals surface area contributed by atoms with Crippen molar-refractivity contribution in [1.82, 2.24) is 10.6 Å². The Labute approximate surface area is 100 Å². The normalized spacial score (nSPS) is 20.2. The number of ether oxygens (including phenoxy) is 1. The lowest BCUT2D eigenvalue weighted by atomic mass is 9.82. The lowest BCUT2D eigenvalue weighted by Gasteiger charge is -2.33. The van der Waals surface area contributed by atoms with Crippen LogP contribution in [0.15, 0.2) is 0 Å². The van der Waals surface area contributed by atoms with E-state index in [2.05, 4.69) is 31.4 Å². The minimum Gasteiger partial charge on any atom is -0.381 e. The molecule has 0 amide bonds. The van der Waals surface area contributed by atoms with Crippen molar-refractivity contribution in [3.8, 4) is 0 Å². The summed E-state index contributed by atoms with van der Waals surface area (Å²) in [7, 11) is 0. The van der Waals surface area contributed by atoms with E-state index in [1.807, 2.05) is 0 Å². The molecule has 1 aliphatic rings. The molecule has 1 rings (SSSR count). The molecule has 96 valence electrons. The van der Waals surface area contributed by atoms with Gasteiger partial charge >= 0.3 is 0 Å². The fraction of sp³-hybridized carbons (Fsp3) is 1.00. The van der Waals surface area contributed by atoms with E-state index in [1.54, 1.807) is 0 Å². The van der Waals surface area contributed by atoms with Gasteiger partial charge in [-0.2, -0.15) is 0 Å². The molecule has 1 aliphatic heterocycles. The maximum atomic E-state index is 5.40. The van der Waals surface area contributed by atoms with Crippen LogP contribution in [0.5, 0.6) is 0 Å². The Balaban J connectivity index is 1.97. The molecular formula is C13H28N2O. The fourth-order valence-electron chi connectivity index (χ4n) is 2.04. The van der Waals surface area contributed by atoms with Crippen molar-refractivity contribution in [2.75, 3.05) is 32.8 Å². The van der Waals surface area contributed by atoms with Gasteiger partial charge in [-0.15, -0.1) is 0 Å². The molecule has 16 heavy (non-hydrogen) atoms. The van der Waals surface area contributed by atoms with Gasteiger partial charge in [-0.1, -0.05) is 20.8 Å². The molecule has 0 aromatic carbocycles. The zero-order valence-electron chi connectivity index (χ0n) is 11.1. The fourth-order valence-corrected chi connectivity index (χ4v) is 2.04. The summed E-state index contributed by atoms with van der Waals surface area (Å²) in [5, 5.41) is 7.01. The van der Waals surface area contributed by atoms with E-state index < -0.39 is 0 Å². The molecule has 3 nitrogen and oxygen atoms in total. The highest BCUT2D eigenvalue weighted by Gasteiger charge is 2.26. The van der Waals surface area contributed by atoms with E-state index in [1.165, 1.54) is 19.3 Å². The number of hydrogen-bond acceptors (Lipinski definition) is 3. The molecule has 0 radical (unpaired) electrons. The Morgan fingerprint density at radius 1 is 1.19 bits per heavy atom. The van der Waals surface area contributed by atoms with Gasteiger partial charge < -0.3 is 15.4 Å². The van der Waals surface area contributed by atoms with Gasteiger partial charge in [0, 0.05) is 25.8 Å². The largest absolute Gasteiger partial charge is 0.381 e. The first-order valence-electron chi connectivity index (χ1n) is 6.64. The second-order valence-corrected chi connectivity index (χ2v) is 5.56. The highest BCUT2D eigenvalue weighted by atomic mass is 16.5. The van der Waals surface area contributed by atoms with Crippen LogP contribution >= 0.6 is 0 Å². The molecule has 1 fully saturated rings. The molecule has 0 aromatic heterocycles. The van der Waals surface area contributed by atoms with Crippen molar-refractivity contribution in [2.24, 2.45) is 5.41 Å². The predicted molar refractivity (Wildman–Crippen MR) is 68.8 cm³/mol. The summed E-state index contributed by atoms with van der Waals surface area (Å²) in [6, 6.07) is 0.605. The van der Waals surface area contributed by atoms with Gasteiger partial charge in [-0.05, 0) is 37.8 Å². The SMILES string of the molecule is CC(C)NCCCNCC1(C)CCOCC1. The summed E-state index contributed by atoms with van der Waals surface area (Å²) < 4.78 is 5.40. The molecule has 0 spiro atoms. The highest BCUT2D eigenvalue weighted by molar-refractivity contribution is 4.79. The van der Waals surface area contributed by atoms with Crippen LogP contribution in [0.3, 0.4) is 0 Å². The molecule has 0 aromatic rings. The van der Waals surface area contributed by atoms with E-state index in [9.17, 15) is 0 Å². The van der Waals surface area contributed by atoms with Gasteiger partial charge in [0.1, 0.15) is 0 Å². The molecular weight excluding hydrogens is 200 g/mol. The maximum Gasteiger partial charge on any atom is 0.0471 e. The van der Waals surface area contributed by atoms with Crippen LogP contribution in [-0.2, 0) is 4.74 Å². The van der Waals surface area contributed by atoms with Gasteiger partial charge in [0.15, 0.2) is 0 Å². The summed E-state index contributed by atoms with van der Waals surface area (Å²) in [6.07, 6.45) is 3.61. The average molecular weight is 228 g/mol. The van der Waals surface area contributed by atoms with E-state index in [-0.39, 0.29) is 0 Å². The monoisotopic (exact) mass is 228 g/mol. The van der Waals surface area contributed by atoms with Crippen LogP contribution in [0.4, 0.5) is 0 Å². The number of nitrogens with one attached hydrogen (secondary N) is 2. The van der Waals surface area contributed by atoms with Crippen LogP contribution in [0, 0.1) is 5.41 Å². The molecule has 0 aliphatic carbocycles. The van der Waals surface area contributed by atoms with Gasteiger partial charge in [0.2, 0.25) is 0 Å². The van der Waals surface area contributed by atoms with Gasteiger partial charge in [-0.25, -0.2) is 0 Å². The topological polar surface area (TPSA) is 33.3 Å². The predicted octanol–water partition coefficient (Wildman–Crippen LogP) is 1.78. The van der Waals surface area contributed by atoms with Crippen LogP contribution in [0.25, 0.3) is 0 Å². The average Bonchev–Trinajstić information content (AvgIpc) is 2.24. The highest BCUT2D eigenvalue weighted by Crippen LogP contribution is 2.28. The first-order valence-corrected chi connectivity index (χ1v) is 6.64. The summed E-state index contributed by atoms with van der Waals surface area (Å²) in [5.74, 6) is 0. The van der Waals surface area contributed by atoms with Crippen molar-refractivity contribution in [1.29, 1.82) is 0 Å². The standard InChI is InChI=1S/C13H28N2O/c1-12(2)15-8-4-7-14-11-13(3)5-9-16-10-6-13/h12,14-15H,4-11H2,1-3H3. The van der Waals surface area contributed by atoms with Crippen molar-refractivity contribution < 1.29 is 4.74 Å². The Bertz CT molecular complexity index is 177. The van der Waals surface area contributed by atoms with Crippen molar-refractivity contribution in [2.45, 2.75) is 46.1 Å². The molecule has 2 N–H and O–H groups in total. The number of hydrogen-bond donors (Lipinski definition) is 2. The summed E-state index contributed by atoms with van der Waals surface area (Å²) in [6.45, 7) is 12.0. The smallest absolute Gasteiger partial charge is 0.0471 e. The molecule has 3 heteroatoms. The minimum absolute atomic E-state index is 0.462.